The molecule has 1 aromatic carbocycles. The number of halogens is 4. The highest BCUT2D eigenvalue weighted by molar-refractivity contribution is 5.77. The van der Waals surface area contributed by atoms with Crippen LogP contribution in [0, 0.1) is 5.82 Å². The van der Waals surface area contributed by atoms with E-state index in [4.69, 9.17) is 4.74 Å². The number of hydrogen-bond donors (Lipinski definition) is 0. The molecule has 1 aromatic rings. The maximum Gasteiger partial charge on any atom is 0.401 e. The lowest BCUT2D eigenvalue weighted by Crippen LogP contribution is -2.51. The van der Waals surface area contributed by atoms with Gasteiger partial charge in [0.25, 0.3) is 5.91 Å². The number of alkyl halides is 3. The summed E-state index contributed by atoms with van der Waals surface area (Å²) in [6, 6.07) is 5.25. The topological polar surface area (TPSA) is 32.8 Å². The second kappa shape index (κ2) is 6.95. The fraction of sp³-hybridized carbons (Fsp3) is 0.500. The third-order valence-corrected chi connectivity index (χ3v) is 3.30. The first-order valence-electron chi connectivity index (χ1n) is 6.79. The van der Waals surface area contributed by atoms with Crippen molar-refractivity contribution in [3.63, 3.8) is 0 Å². The van der Waals surface area contributed by atoms with Crippen molar-refractivity contribution in [1.29, 1.82) is 0 Å². The molecule has 1 fully saturated rings. The fourth-order valence-corrected chi connectivity index (χ4v) is 2.18. The van der Waals surface area contributed by atoms with Gasteiger partial charge in [-0.05, 0) is 24.3 Å². The van der Waals surface area contributed by atoms with Crippen molar-refractivity contribution in [3.05, 3.63) is 30.1 Å². The molecule has 1 saturated heterocycles. The number of amides is 1. The van der Waals surface area contributed by atoms with Crippen LogP contribution >= 0.6 is 0 Å². The maximum atomic E-state index is 12.7. The molecule has 0 N–H and O–H groups in total. The largest absolute Gasteiger partial charge is 0.484 e. The molecule has 1 heterocycles. The van der Waals surface area contributed by atoms with Crippen LogP contribution in [0.15, 0.2) is 24.3 Å². The zero-order valence-electron chi connectivity index (χ0n) is 11.8. The van der Waals surface area contributed by atoms with Gasteiger partial charge in [-0.1, -0.05) is 0 Å². The van der Waals surface area contributed by atoms with E-state index in [1.54, 1.807) is 0 Å². The van der Waals surface area contributed by atoms with Gasteiger partial charge in [-0.2, -0.15) is 13.2 Å². The molecule has 1 aliphatic heterocycles. The van der Waals surface area contributed by atoms with Crippen LogP contribution in [0.5, 0.6) is 5.75 Å². The Labute approximate surface area is 125 Å². The molecule has 0 atom stereocenters. The van der Waals surface area contributed by atoms with Crippen LogP contribution in [-0.2, 0) is 4.79 Å². The molecular weight excluding hydrogens is 304 g/mol. The molecule has 1 amide bonds. The molecule has 22 heavy (non-hydrogen) atoms. The molecular formula is C14H16F4N2O2. The summed E-state index contributed by atoms with van der Waals surface area (Å²) >= 11 is 0. The van der Waals surface area contributed by atoms with Crippen LogP contribution in [0.2, 0.25) is 0 Å². The Morgan fingerprint density at radius 1 is 1.09 bits per heavy atom. The van der Waals surface area contributed by atoms with Crippen LogP contribution in [-0.4, -0.2) is 61.2 Å². The molecule has 0 spiro atoms. The summed E-state index contributed by atoms with van der Waals surface area (Å²) in [5, 5.41) is 0. The van der Waals surface area contributed by atoms with E-state index in [-0.39, 0.29) is 38.7 Å². The molecule has 0 bridgehead atoms. The molecule has 0 saturated carbocycles. The van der Waals surface area contributed by atoms with Crippen LogP contribution in [0.1, 0.15) is 0 Å². The standard InChI is InChI=1S/C14H16F4N2O2/c15-11-1-3-12(4-2-11)22-9-13(21)20-7-5-19(6-8-20)10-14(16,17)18/h1-4H,5-10H2. The summed E-state index contributed by atoms with van der Waals surface area (Å²) in [6.45, 7) is -0.334. The van der Waals surface area contributed by atoms with Crippen molar-refractivity contribution in [2.45, 2.75) is 6.18 Å². The first kappa shape index (κ1) is 16.5. The molecule has 8 heteroatoms. The molecule has 2 rings (SSSR count). The normalized spacial score (nSPS) is 16.6. The number of hydrogen-bond acceptors (Lipinski definition) is 3. The summed E-state index contributed by atoms with van der Waals surface area (Å²) in [6.07, 6.45) is -4.22. The smallest absolute Gasteiger partial charge is 0.401 e. The van der Waals surface area contributed by atoms with E-state index in [0.717, 1.165) is 0 Å². The van der Waals surface area contributed by atoms with Crippen LogP contribution in [0.25, 0.3) is 0 Å². The van der Waals surface area contributed by atoms with Crippen molar-refractivity contribution in [2.24, 2.45) is 0 Å². The van der Waals surface area contributed by atoms with Crippen molar-refractivity contribution >= 4 is 5.91 Å². The highest BCUT2D eigenvalue weighted by Crippen LogP contribution is 2.17. The Hall–Kier alpha value is -1.83. The molecule has 122 valence electrons. The number of carbonyl (C=O) groups excluding carboxylic acids is 1. The zero-order valence-corrected chi connectivity index (χ0v) is 11.8. The lowest BCUT2D eigenvalue weighted by atomic mass is 10.3. The van der Waals surface area contributed by atoms with Gasteiger partial charge in [-0.15, -0.1) is 0 Å². The molecule has 0 aliphatic carbocycles. The Balaban J connectivity index is 1.74. The number of rotatable bonds is 4. The molecule has 4 nitrogen and oxygen atoms in total. The monoisotopic (exact) mass is 320 g/mol. The molecule has 0 unspecified atom stereocenters. The zero-order chi connectivity index (χ0) is 16.2. The second-order valence-corrected chi connectivity index (χ2v) is 5.01. The van der Waals surface area contributed by atoms with Gasteiger partial charge in [0.1, 0.15) is 11.6 Å². The van der Waals surface area contributed by atoms with Gasteiger partial charge < -0.3 is 9.64 Å². The third kappa shape index (κ3) is 5.18. The Bertz CT molecular complexity index is 497. The summed E-state index contributed by atoms with van der Waals surface area (Å²) in [5.41, 5.74) is 0. The SMILES string of the molecule is O=C(COc1ccc(F)cc1)N1CCN(CC(F)(F)F)CC1. The summed E-state index contributed by atoms with van der Waals surface area (Å²) in [5.74, 6) is -0.332. The minimum absolute atomic E-state index is 0.182. The van der Waals surface area contributed by atoms with Crippen LogP contribution in [0.4, 0.5) is 17.6 Å². The Kier molecular flexibility index (Phi) is 5.23. The van der Waals surface area contributed by atoms with E-state index in [0.29, 0.717) is 5.75 Å². The summed E-state index contributed by atoms with van der Waals surface area (Å²) < 4.78 is 54.7. The maximum absolute atomic E-state index is 12.7. The van der Waals surface area contributed by atoms with Crippen molar-refractivity contribution < 1.29 is 27.1 Å². The molecule has 0 aromatic heterocycles. The molecule has 0 radical (unpaired) electrons. The summed E-state index contributed by atoms with van der Waals surface area (Å²) in [4.78, 5) is 14.7. The average molecular weight is 320 g/mol. The van der Waals surface area contributed by atoms with E-state index in [2.05, 4.69) is 0 Å². The fourth-order valence-electron chi connectivity index (χ4n) is 2.18. The van der Waals surface area contributed by atoms with Crippen LogP contribution < -0.4 is 4.74 Å². The highest BCUT2D eigenvalue weighted by atomic mass is 19.4. The number of piperazine rings is 1. The number of nitrogens with zero attached hydrogens (tertiary/aromatic N) is 2. The predicted molar refractivity (Wildman–Crippen MR) is 71.0 cm³/mol. The van der Waals surface area contributed by atoms with Gasteiger partial charge in [-0.25, -0.2) is 4.39 Å². The van der Waals surface area contributed by atoms with Crippen molar-refractivity contribution in [2.75, 3.05) is 39.3 Å². The third-order valence-electron chi connectivity index (χ3n) is 3.30. The minimum Gasteiger partial charge on any atom is -0.484 e. The van der Waals surface area contributed by atoms with E-state index in [1.807, 2.05) is 0 Å². The second-order valence-electron chi connectivity index (χ2n) is 5.01. The van der Waals surface area contributed by atoms with Crippen LogP contribution in [0.3, 0.4) is 0 Å². The van der Waals surface area contributed by atoms with Gasteiger partial charge in [0.05, 0.1) is 6.54 Å². The van der Waals surface area contributed by atoms with E-state index >= 15 is 0 Å². The summed E-state index contributed by atoms with van der Waals surface area (Å²) in [7, 11) is 0. The molecule has 1 aliphatic rings. The van der Waals surface area contributed by atoms with Gasteiger partial charge in [0, 0.05) is 26.2 Å². The van der Waals surface area contributed by atoms with E-state index < -0.39 is 18.5 Å². The minimum atomic E-state index is -4.22. The lowest BCUT2D eigenvalue weighted by molar-refractivity contribution is -0.152. The van der Waals surface area contributed by atoms with Gasteiger partial charge in [0.2, 0.25) is 0 Å². The van der Waals surface area contributed by atoms with Gasteiger partial charge in [0.15, 0.2) is 6.61 Å². The number of benzene rings is 1. The highest BCUT2D eigenvalue weighted by Gasteiger charge is 2.32. The predicted octanol–water partition coefficient (Wildman–Crippen LogP) is 1.91. The van der Waals surface area contributed by atoms with Crippen molar-refractivity contribution in [1.82, 2.24) is 9.80 Å². The van der Waals surface area contributed by atoms with Gasteiger partial charge >= 0.3 is 6.18 Å². The van der Waals surface area contributed by atoms with E-state index in [9.17, 15) is 22.4 Å². The van der Waals surface area contributed by atoms with Crippen molar-refractivity contribution in [3.8, 4) is 5.75 Å². The Morgan fingerprint density at radius 3 is 2.23 bits per heavy atom. The first-order chi connectivity index (χ1) is 10.3. The quantitative estimate of drug-likeness (QED) is 0.795. The lowest BCUT2D eigenvalue weighted by Gasteiger charge is -2.34. The van der Waals surface area contributed by atoms with Gasteiger partial charge in [-0.3, -0.25) is 9.69 Å². The number of ether oxygens (including phenoxy) is 1. The average Bonchev–Trinajstić information content (AvgIpc) is 2.45. The first-order valence-corrected chi connectivity index (χ1v) is 6.79. The van der Waals surface area contributed by atoms with E-state index in [1.165, 1.54) is 34.1 Å². The number of carbonyl (C=O) groups is 1. The Morgan fingerprint density at radius 2 is 1.68 bits per heavy atom.